The highest BCUT2D eigenvalue weighted by atomic mass is 16.5. The quantitative estimate of drug-likeness (QED) is 0.823. The minimum absolute atomic E-state index is 0.00153. The second kappa shape index (κ2) is 8.31. The summed E-state index contributed by atoms with van der Waals surface area (Å²) in [6, 6.07) is 10.4. The summed E-state index contributed by atoms with van der Waals surface area (Å²) in [6.45, 7) is 7.63. The second-order valence-corrected chi connectivity index (χ2v) is 8.23. The van der Waals surface area contributed by atoms with Gasteiger partial charge in [0.05, 0.1) is 5.60 Å². The summed E-state index contributed by atoms with van der Waals surface area (Å²) in [7, 11) is 1.72. The lowest BCUT2D eigenvalue weighted by atomic mass is 9.67. The van der Waals surface area contributed by atoms with Gasteiger partial charge in [0, 0.05) is 32.5 Å². The zero-order chi connectivity index (χ0) is 20.2. The van der Waals surface area contributed by atoms with Crippen LogP contribution in [-0.4, -0.2) is 46.9 Å². The minimum Gasteiger partial charge on any atom is -0.424 e. The molecule has 0 saturated carbocycles. The molecule has 0 unspecified atom stereocenters. The van der Waals surface area contributed by atoms with Crippen molar-refractivity contribution in [2.75, 3.05) is 20.2 Å². The molecule has 1 atom stereocenters. The molecule has 0 aliphatic carbocycles. The Hall–Kier alpha value is -2.41. The molecule has 1 aromatic carbocycles. The van der Waals surface area contributed by atoms with Crippen molar-refractivity contribution in [1.29, 1.82) is 0 Å². The maximum absolute atomic E-state index is 12.5. The standard InChI is InChI=1S/C21H30N4O3/c1-16-23-24-18(28-16)14-25(4)19(26)22-12-10-21(17-8-6-5-7-9-17)11-13-27-20(2,3)15-21/h5-9H,10-15H2,1-4H3,(H,22,26)/t21-/m0/s1. The molecule has 0 spiro atoms. The van der Waals surface area contributed by atoms with Gasteiger partial charge in [0.15, 0.2) is 0 Å². The average Bonchev–Trinajstić information content (AvgIpc) is 3.06. The number of nitrogens with one attached hydrogen (secondary N) is 1. The predicted molar refractivity (Wildman–Crippen MR) is 106 cm³/mol. The number of nitrogens with zero attached hydrogens (tertiary/aromatic N) is 3. The van der Waals surface area contributed by atoms with E-state index < -0.39 is 0 Å². The summed E-state index contributed by atoms with van der Waals surface area (Å²) >= 11 is 0. The van der Waals surface area contributed by atoms with Gasteiger partial charge < -0.3 is 19.4 Å². The molecule has 7 nitrogen and oxygen atoms in total. The number of ether oxygens (including phenoxy) is 1. The molecule has 152 valence electrons. The summed E-state index contributed by atoms with van der Waals surface area (Å²) in [5, 5.41) is 10.8. The van der Waals surface area contributed by atoms with E-state index >= 15 is 0 Å². The number of urea groups is 1. The Morgan fingerprint density at radius 2 is 2.00 bits per heavy atom. The average molecular weight is 386 g/mol. The summed E-state index contributed by atoms with van der Waals surface area (Å²) in [6.07, 6.45) is 2.74. The third kappa shape index (κ3) is 4.90. The molecular formula is C21H30N4O3. The third-order valence-electron chi connectivity index (χ3n) is 5.39. The number of benzene rings is 1. The number of rotatable bonds is 6. The van der Waals surface area contributed by atoms with Gasteiger partial charge in [-0.05, 0) is 38.7 Å². The van der Waals surface area contributed by atoms with Crippen molar-refractivity contribution in [3.05, 3.63) is 47.7 Å². The van der Waals surface area contributed by atoms with Crippen molar-refractivity contribution in [2.45, 2.75) is 57.6 Å². The molecule has 0 radical (unpaired) electrons. The van der Waals surface area contributed by atoms with E-state index in [0.29, 0.717) is 18.3 Å². The molecular weight excluding hydrogens is 356 g/mol. The van der Waals surface area contributed by atoms with Crippen LogP contribution in [0.25, 0.3) is 0 Å². The second-order valence-electron chi connectivity index (χ2n) is 8.23. The van der Waals surface area contributed by atoms with E-state index in [1.165, 1.54) is 5.56 Å². The van der Waals surface area contributed by atoms with E-state index in [4.69, 9.17) is 9.15 Å². The number of aryl methyl sites for hydroxylation is 1. The van der Waals surface area contributed by atoms with Crippen LogP contribution < -0.4 is 5.32 Å². The van der Waals surface area contributed by atoms with E-state index in [1.54, 1.807) is 18.9 Å². The van der Waals surface area contributed by atoms with Gasteiger partial charge in [0.2, 0.25) is 11.8 Å². The highest BCUT2D eigenvalue weighted by molar-refractivity contribution is 5.73. The molecule has 3 rings (SSSR count). The topological polar surface area (TPSA) is 80.5 Å². The Bertz CT molecular complexity index is 790. The van der Waals surface area contributed by atoms with Gasteiger partial charge in [0.25, 0.3) is 0 Å². The molecule has 7 heteroatoms. The number of hydrogen-bond acceptors (Lipinski definition) is 5. The van der Waals surface area contributed by atoms with Gasteiger partial charge >= 0.3 is 6.03 Å². The van der Waals surface area contributed by atoms with Gasteiger partial charge in [-0.3, -0.25) is 0 Å². The zero-order valence-electron chi connectivity index (χ0n) is 17.2. The van der Waals surface area contributed by atoms with Gasteiger partial charge in [0.1, 0.15) is 6.54 Å². The molecule has 1 saturated heterocycles. The van der Waals surface area contributed by atoms with Crippen molar-refractivity contribution in [3.8, 4) is 0 Å². The summed E-state index contributed by atoms with van der Waals surface area (Å²) in [4.78, 5) is 14.0. The zero-order valence-corrected chi connectivity index (χ0v) is 17.2. The lowest BCUT2D eigenvalue weighted by Crippen LogP contribution is -2.46. The van der Waals surface area contributed by atoms with Crippen LogP contribution in [0.15, 0.2) is 34.7 Å². The fourth-order valence-electron chi connectivity index (χ4n) is 4.09. The first kappa shape index (κ1) is 20.3. The molecule has 1 fully saturated rings. The van der Waals surface area contributed by atoms with Crippen LogP contribution in [0.4, 0.5) is 4.79 Å². The first-order valence-electron chi connectivity index (χ1n) is 9.77. The van der Waals surface area contributed by atoms with Gasteiger partial charge in [-0.1, -0.05) is 30.3 Å². The summed E-state index contributed by atoms with van der Waals surface area (Å²) in [5.41, 5.74) is 1.14. The molecule has 28 heavy (non-hydrogen) atoms. The van der Waals surface area contributed by atoms with Crippen LogP contribution in [0.3, 0.4) is 0 Å². The van der Waals surface area contributed by atoms with Gasteiger partial charge in [-0.2, -0.15) is 0 Å². The van der Waals surface area contributed by atoms with E-state index in [9.17, 15) is 4.79 Å². The minimum atomic E-state index is -0.176. The molecule has 2 aromatic rings. The Morgan fingerprint density at radius 3 is 2.64 bits per heavy atom. The molecule has 1 aliphatic heterocycles. The van der Waals surface area contributed by atoms with Crippen molar-refractivity contribution in [1.82, 2.24) is 20.4 Å². The molecule has 0 bridgehead atoms. The van der Waals surface area contributed by atoms with Crippen LogP contribution in [-0.2, 0) is 16.7 Å². The van der Waals surface area contributed by atoms with Gasteiger partial charge in [-0.25, -0.2) is 4.79 Å². The summed E-state index contributed by atoms with van der Waals surface area (Å²) in [5.74, 6) is 0.929. The first-order chi connectivity index (χ1) is 13.3. The van der Waals surface area contributed by atoms with Crippen LogP contribution in [0.2, 0.25) is 0 Å². The number of carbonyl (C=O) groups excluding carboxylic acids is 1. The largest absolute Gasteiger partial charge is 0.424 e. The molecule has 1 N–H and O–H groups in total. The fourth-order valence-corrected chi connectivity index (χ4v) is 4.09. The first-order valence-corrected chi connectivity index (χ1v) is 9.77. The van der Waals surface area contributed by atoms with Crippen molar-refractivity contribution < 1.29 is 13.9 Å². The van der Waals surface area contributed by atoms with E-state index in [2.05, 4.69) is 53.6 Å². The van der Waals surface area contributed by atoms with Crippen LogP contribution in [0.5, 0.6) is 0 Å². The Balaban J connectivity index is 1.61. The Morgan fingerprint density at radius 1 is 1.25 bits per heavy atom. The maximum Gasteiger partial charge on any atom is 0.317 e. The predicted octanol–water partition coefficient (Wildman–Crippen LogP) is 3.44. The Labute approximate surface area is 166 Å². The van der Waals surface area contributed by atoms with E-state index in [1.807, 2.05) is 6.07 Å². The smallest absolute Gasteiger partial charge is 0.317 e. The fraction of sp³-hybridized carbons (Fsp3) is 0.571. The lowest BCUT2D eigenvalue weighted by molar-refractivity contribution is -0.0838. The van der Waals surface area contributed by atoms with Crippen molar-refractivity contribution in [2.24, 2.45) is 0 Å². The number of carbonyl (C=O) groups is 1. The Kier molecular flexibility index (Phi) is 6.03. The molecule has 1 aliphatic rings. The maximum atomic E-state index is 12.5. The lowest BCUT2D eigenvalue weighted by Gasteiger charge is -2.45. The molecule has 2 amide bonds. The SMILES string of the molecule is Cc1nnc(CN(C)C(=O)NCC[C@]2(c3ccccc3)CCOC(C)(C)C2)o1. The molecule has 2 heterocycles. The van der Waals surface area contributed by atoms with E-state index in [0.717, 1.165) is 25.9 Å². The normalized spacial score (nSPS) is 21.3. The molecule has 1 aromatic heterocycles. The monoisotopic (exact) mass is 386 g/mol. The highest BCUT2D eigenvalue weighted by Crippen LogP contribution is 2.43. The van der Waals surface area contributed by atoms with E-state index in [-0.39, 0.29) is 23.6 Å². The number of aromatic nitrogens is 2. The number of amides is 2. The van der Waals surface area contributed by atoms with Crippen molar-refractivity contribution in [3.63, 3.8) is 0 Å². The number of hydrogen-bond donors (Lipinski definition) is 1. The van der Waals surface area contributed by atoms with Crippen molar-refractivity contribution >= 4 is 6.03 Å². The van der Waals surface area contributed by atoms with Gasteiger partial charge in [-0.15, -0.1) is 10.2 Å². The van der Waals surface area contributed by atoms with Crippen LogP contribution in [0.1, 0.15) is 50.5 Å². The van der Waals surface area contributed by atoms with Crippen LogP contribution in [0, 0.1) is 6.92 Å². The highest BCUT2D eigenvalue weighted by Gasteiger charge is 2.41. The van der Waals surface area contributed by atoms with Crippen LogP contribution >= 0.6 is 0 Å². The summed E-state index contributed by atoms with van der Waals surface area (Å²) < 4.78 is 11.3. The third-order valence-corrected chi connectivity index (χ3v) is 5.39.